The van der Waals surface area contributed by atoms with Crippen molar-refractivity contribution in [3.05, 3.63) is 358 Å². The van der Waals surface area contributed by atoms with Crippen molar-refractivity contribution in [2.75, 3.05) is 0 Å². The van der Waals surface area contributed by atoms with Gasteiger partial charge in [0.05, 0.1) is 45.2 Å². The van der Waals surface area contributed by atoms with E-state index >= 15 is 13.2 Å². The van der Waals surface area contributed by atoms with Gasteiger partial charge in [-0.1, -0.05) is 243 Å². The lowest BCUT2D eigenvalue weighted by atomic mass is 9.99. The van der Waals surface area contributed by atoms with E-state index in [0.717, 1.165) is 72.1 Å². The summed E-state index contributed by atoms with van der Waals surface area (Å²) in [4.78, 5) is 66.3. The Kier molecular flexibility index (Phi) is 16.9. The smallest absolute Gasteiger partial charge is 0.309 e. The molecule has 0 radical (unpaired) electrons. The van der Waals surface area contributed by atoms with Crippen LogP contribution in [0.15, 0.2) is 352 Å². The van der Waals surface area contributed by atoms with Crippen LogP contribution in [0, 0.1) is 0 Å². The van der Waals surface area contributed by atoms with Gasteiger partial charge in [0.1, 0.15) is 0 Å². The molecule has 0 saturated carbocycles. The van der Waals surface area contributed by atoms with Crippen molar-refractivity contribution in [1.82, 2.24) is 73.9 Å². The first kappa shape index (κ1) is 67.8. The molecule has 114 heavy (non-hydrogen) atoms. The third-order valence-corrected chi connectivity index (χ3v) is 20.3. The Balaban J connectivity index is 0.822. The number of aromatic nitrogens is 15. The van der Waals surface area contributed by atoms with Crippen LogP contribution in [0.1, 0.15) is 5.56 Å². The van der Waals surface area contributed by atoms with Gasteiger partial charge in [0.25, 0.3) is 0 Å². The van der Waals surface area contributed by atoms with Crippen molar-refractivity contribution >= 4 is 43.6 Å². The highest BCUT2D eigenvalue weighted by Crippen LogP contribution is 2.46. The Bertz CT molecular complexity index is 6460. The molecule has 0 aliphatic heterocycles. The van der Waals surface area contributed by atoms with E-state index in [2.05, 4.69) is 16.7 Å². The van der Waals surface area contributed by atoms with Crippen LogP contribution in [0.5, 0.6) is 0 Å². The van der Waals surface area contributed by atoms with E-state index in [1.54, 1.807) is 24.5 Å². The van der Waals surface area contributed by atoms with E-state index in [-0.39, 0.29) is 5.56 Å². The summed E-state index contributed by atoms with van der Waals surface area (Å²) in [7, 11) is 0. The first-order chi connectivity index (χ1) is 56.1. The van der Waals surface area contributed by atoms with Crippen molar-refractivity contribution < 1.29 is 13.2 Å². The summed E-state index contributed by atoms with van der Waals surface area (Å²) in [6, 6.07) is 108. The quantitative estimate of drug-likeness (QED) is 0.0948. The van der Waals surface area contributed by atoms with Crippen molar-refractivity contribution in [3.63, 3.8) is 0 Å². The van der Waals surface area contributed by atoms with Gasteiger partial charge in [0.15, 0.2) is 69.9 Å². The molecule has 13 aromatic carbocycles. The second kappa shape index (κ2) is 28.5. The monoisotopic (exact) mass is 1480 g/mol. The number of hydrogen-bond donors (Lipinski definition) is 0. The maximum absolute atomic E-state index is 16.0. The molecule has 538 valence electrons. The van der Waals surface area contributed by atoms with Crippen LogP contribution in [0.25, 0.3) is 203 Å². The van der Waals surface area contributed by atoms with Gasteiger partial charge in [-0.2, -0.15) is 13.2 Å². The largest absolute Gasteiger partial charge is 0.416 e. The molecule has 0 spiro atoms. The van der Waals surface area contributed by atoms with Crippen LogP contribution in [0.3, 0.4) is 0 Å². The molecule has 0 aliphatic carbocycles. The molecule has 15 nitrogen and oxygen atoms in total. The third-order valence-electron chi connectivity index (χ3n) is 20.3. The summed E-state index contributed by atoms with van der Waals surface area (Å²) in [6.45, 7) is 0. The number of rotatable bonds is 15. The van der Waals surface area contributed by atoms with Gasteiger partial charge in [-0.25, -0.2) is 59.8 Å². The topological polar surface area (TPSA) is 177 Å². The minimum atomic E-state index is -4.78. The minimum absolute atomic E-state index is 0.256. The average Bonchev–Trinajstić information content (AvgIpc) is 1.56. The second-order valence-corrected chi connectivity index (χ2v) is 27.4. The number of fused-ring (bicyclic) bond motifs is 6. The molecule has 18 heteroatoms. The van der Waals surface area contributed by atoms with E-state index < -0.39 is 11.7 Å². The molecule has 0 fully saturated rings. The van der Waals surface area contributed by atoms with Crippen LogP contribution in [0.4, 0.5) is 13.2 Å². The summed E-state index contributed by atoms with van der Waals surface area (Å²) in [6.07, 6.45) is -1.45. The molecule has 0 amide bonds. The zero-order valence-electron chi connectivity index (χ0n) is 60.3. The molecule has 0 atom stereocenters. The van der Waals surface area contributed by atoms with Crippen molar-refractivity contribution in [1.29, 1.82) is 0 Å². The molecule has 20 aromatic rings. The summed E-state index contributed by atoms with van der Waals surface area (Å²) >= 11 is 0. The lowest BCUT2D eigenvalue weighted by Crippen LogP contribution is -2.08. The normalized spacial score (nSPS) is 11.6. The SMILES string of the molecule is FC(F)(F)c1ccc(-n2c3ccc(-c4nc(-c5ccccc5)nc(-c5ccccc5)n4)cc3c3cc(-c4nc(-c5ccccc5)nc(-c5ccccc5)n4)ccc32)c(-c2ccncc2-n2c3ccc(-c4nc(-c5ccccc5)nc(-c5ccccc5)n4)cc3c3cc(-c4nc(-c5ccccc5)nc(-c5ccccc5)n4)ccc32)c1. The Hall–Kier alpha value is -15.6. The lowest BCUT2D eigenvalue weighted by Gasteiger charge is -2.20. The van der Waals surface area contributed by atoms with Crippen LogP contribution in [-0.2, 0) is 6.18 Å². The van der Waals surface area contributed by atoms with E-state index in [4.69, 9.17) is 64.8 Å². The van der Waals surface area contributed by atoms with Gasteiger partial charge in [0.2, 0.25) is 0 Å². The van der Waals surface area contributed by atoms with Crippen molar-refractivity contribution in [2.45, 2.75) is 6.18 Å². The van der Waals surface area contributed by atoms with E-state index in [9.17, 15) is 0 Å². The number of nitrogens with zero attached hydrogens (tertiary/aromatic N) is 15. The van der Waals surface area contributed by atoms with Gasteiger partial charge in [0, 0.05) is 106 Å². The van der Waals surface area contributed by atoms with Crippen molar-refractivity contribution in [3.8, 4) is 159 Å². The molecule has 0 N–H and O–H groups in total. The van der Waals surface area contributed by atoms with E-state index in [1.165, 1.54) is 6.07 Å². The van der Waals surface area contributed by atoms with E-state index in [0.29, 0.717) is 131 Å². The standard InChI is InChI=1S/C96H58F3N15/c97-96(98,99)71-45-50-82(113-78-46-41-67(92-105-84(59-25-9-1-10-26-59)101-85(106-92)60-27-11-2-12-28-60)53-73(78)74-54-68(42-47-79(74)113)93-107-86(61-29-13-3-14-30-61)102-87(108-93)62-31-15-4-16-32-62)77(57-71)72-51-52-100-58-83(72)114-80-48-43-69(94-109-88(63-33-17-5-18-34-63)103-89(110-94)64-35-19-6-20-36-64)55-75(80)76-56-70(44-49-81(76)114)95-111-90(65-37-21-7-22-38-65)104-91(112-95)66-39-23-8-24-40-66/h1-58H. The highest BCUT2D eigenvalue weighted by Gasteiger charge is 2.33. The molecule has 7 aromatic heterocycles. The summed E-state index contributed by atoms with van der Waals surface area (Å²) in [5.41, 5.74) is 12.6. The Morgan fingerprint density at radius 2 is 0.430 bits per heavy atom. The summed E-state index contributed by atoms with van der Waals surface area (Å²) in [5.74, 6) is 5.50. The maximum atomic E-state index is 16.0. The molecule has 20 rings (SSSR count). The Morgan fingerprint density at radius 1 is 0.202 bits per heavy atom. The first-order valence-corrected chi connectivity index (χ1v) is 36.9. The van der Waals surface area contributed by atoms with Crippen LogP contribution < -0.4 is 0 Å². The van der Waals surface area contributed by atoms with Gasteiger partial charge in [-0.3, -0.25) is 4.98 Å². The maximum Gasteiger partial charge on any atom is 0.416 e. The lowest BCUT2D eigenvalue weighted by molar-refractivity contribution is -0.137. The average molecular weight is 1480 g/mol. The molecule has 0 aliphatic rings. The van der Waals surface area contributed by atoms with Gasteiger partial charge in [-0.15, -0.1) is 0 Å². The summed E-state index contributed by atoms with van der Waals surface area (Å²) < 4.78 is 52.0. The van der Waals surface area contributed by atoms with Crippen LogP contribution in [0.2, 0.25) is 0 Å². The predicted molar refractivity (Wildman–Crippen MR) is 442 cm³/mol. The van der Waals surface area contributed by atoms with Gasteiger partial charge >= 0.3 is 6.18 Å². The van der Waals surface area contributed by atoms with Gasteiger partial charge < -0.3 is 9.13 Å². The zero-order valence-corrected chi connectivity index (χ0v) is 60.3. The first-order valence-electron chi connectivity index (χ1n) is 36.9. The van der Waals surface area contributed by atoms with E-state index in [1.807, 2.05) is 308 Å². The highest BCUT2D eigenvalue weighted by atomic mass is 19.4. The number of alkyl halides is 3. The number of hydrogen-bond acceptors (Lipinski definition) is 13. The zero-order chi connectivity index (χ0) is 76.2. The van der Waals surface area contributed by atoms with Gasteiger partial charge in [-0.05, 0) is 97.1 Å². The molecule has 0 bridgehead atoms. The van der Waals surface area contributed by atoms with Crippen LogP contribution in [-0.4, -0.2) is 73.9 Å². The number of pyridine rings is 1. The Morgan fingerprint density at radius 3 is 0.667 bits per heavy atom. The molecule has 7 heterocycles. The second-order valence-electron chi connectivity index (χ2n) is 27.4. The molecule has 0 saturated heterocycles. The number of halogens is 3. The highest BCUT2D eigenvalue weighted by molar-refractivity contribution is 6.14. The summed E-state index contributed by atoms with van der Waals surface area (Å²) in [5, 5.41) is 2.99. The third kappa shape index (κ3) is 12.8. The number of benzene rings is 13. The fourth-order valence-electron chi connectivity index (χ4n) is 14.8. The Labute approximate surface area is 650 Å². The fourth-order valence-corrected chi connectivity index (χ4v) is 14.8. The molecule has 0 unspecified atom stereocenters. The fraction of sp³-hybridized carbons (Fsp3) is 0.0104. The minimum Gasteiger partial charge on any atom is -0.309 e. The van der Waals surface area contributed by atoms with Crippen LogP contribution >= 0.6 is 0 Å². The predicted octanol–water partition coefficient (Wildman–Crippen LogP) is 22.7. The molecular formula is C96H58F3N15. The molecular weight excluding hydrogens is 1420 g/mol. The van der Waals surface area contributed by atoms with Crippen molar-refractivity contribution in [2.24, 2.45) is 0 Å².